The zero-order valence-electron chi connectivity index (χ0n) is 12.2. The number of hydrogen-bond acceptors (Lipinski definition) is 4. The first-order valence-electron chi connectivity index (χ1n) is 6.55. The van der Waals surface area contributed by atoms with Crippen molar-refractivity contribution in [2.24, 2.45) is 0 Å². The smallest absolute Gasteiger partial charge is 0.244 e. The minimum Gasteiger partial charge on any atom is -0.357 e. The summed E-state index contributed by atoms with van der Waals surface area (Å²) < 4.78 is 12.9. The number of anilines is 1. The van der Waals surface area contributed by atoms with E-state index < -0.39 is 0 Å². The Bertz CT molecular complexity index is 611. The van der Waals surface area contributed by atoms with Crippen LogP contribution in [0.3, 0.4) is 0 Å². The summed E-state index contributed by atoms with van der Waals surface area (Å²) in [5.74, 6) is 0.184. The number of nitrogens with zero attached hydrogens (tertiary/aromatic N) is 3. The summed E-state index contributed by atoms with van der Waals surface area (Å²) >= 11 is 0. The van der Waals surface area contributed by atoms with Gasteiger partial charge in [-0.3, -0.25) is 4.79 Å². The summed E-state index contributed by atoms with van der Waals surface area (Å²) in [6.45, 7) is 1.76. The molecule has 1 amide bonds. The molecular weight excluding hydrogens is 271 g/mol. The van der Waals surface area contributed by atoms with E-state index in [-0.39, 0.29) is 17.8 Å². The van der Waals surface area contributed by atoms with Gasteiger partial charge in [0.15, 0.2) is 0 Å². The molecule has 110 valence electrons. The Morgan fingerprint density at radius 2 is 1.81 bits per heavy atom. The van der Waals surface area contributed by atoms with E-state index in [0.717, 1.165) is 5.56 Å². The molecule has 1 atom stereocenters. The van der Waals surface area contributed by atoms with E-state index in [1.165, 1.54) is 17.0 Å². The summed E-state index contributed by atoms with van der Waals surface area (Å²) in [7, 11) is 3.40. The molecule has 0 fully saturated rings. The molecule has 2 rings (SSSR count). The number of amides is 1. The highest BCUT2D eigenvalue weighted by Crippen LogP contribution is 2.17. The van der Waals surface area contributed by atoms with Crippen LogP contribution in [0.2, 0.25) is 0 Å². The molecule has 1 aromatic heterocycles. The predicted octanol–water partition coefficient (Wildman–Crippen LogP) is 2.17. The molecule has 21 heavy (non-hydrogen) atoms. The minimum absolute atomic E-state index is 0.0422. The summed E-state index contributed by atoms with van der Waals surface area (Å²) in [6, 6.07) is 9.17. The number of rotatable bonds is 4. The van der Waals surface area contributed by atoms with E-state index in [1.54, 1.807) is 45.3 Å². The van der Waals surface area contributed by atoms with Crippen LogP contribution in [-0.2, 0) is 4.79 Å². The number of aromatic nitrogens is 2. The maximum atomic E-state index is 12.9. The van der Waals surface area contributed by atoms with Crippen LogP contribution in [0, 0.1) is 5.82 Å². The van der Waals surface area contributed by atoms with E-state index in [2.05, 4.69) is 15.5 Å². The lowest BCUT2D eigenvalue weighted by atomic mass is 10.1. The number of carbonyl (C=O) groups is 1. The van der Waals surface area contributed by atoms with Gasteiger partial charge in [-0.25, -0.2) is 4.39 Å². The first-order valence-corrected chi connectivity index (χ1v) is 6.55. The average Bonchev–Trinajstić information content (AvgIpc) is 2.48. The molecule has 6 heteroatoms. The standard InChI is InChI=1S/C15H17FN4O/c1-10(15(21)20(2)3)17-14-9-8-13(18-19-14)11-4-6-12(16)7-5-11/h4-10H,1-3H3,(H,17,19)/t10-/m0/s1. The molecule has 1 N–H and O–H groups in total. The fraction of sp³-hybridized carbons (Fsp3) is 0.267. The van der Waals surface area contributed by atoms with Gasteiger partial charge in [0.1, 0.15) is 17.7 Å². The Balaban J connectivity index is 2.09. The second-order valence-corrected chi connectivity index (χ2v) is 4.91. The highest BCUT2D eigenvalue weighted by atomic mass is 19.1. The van der Waals surface area contributed by atoms with Crippen LogP contribution >= 0.6 is 0 Å². The molecule has 0 aliphatic carbocycles. The van der Waals surface area contributed by atoms with E-state index in [0.29, 0.717) is 11.5 Å². The molecule has 5 nitrogen and oxygen atoms in total. The Morgan fingerprint density at radius 3 is 2.33 bits per heavy atom. The molecule has 1 heterocycles. The Labute approximate surface area is 122 Å². The minimum atomic E-state index is -0.383. The van der Waals surface area contributed by atoms with Gasteiger partial charge >= 0.3 is 0 Å². The quantitative estimate of drug-likeness (QED) is 0.936. The van der Waals surface area contributed by atoms with Gasteiger partial charge in [-0.2, -0.15) is 0 Å². The van der Waals surface area contributed by atoms with E-state index in [1.807, 2.05) is 0 Å². The molecule has 0 bridgehead atoms. The maximum absolute atomic E-state index is 12.9. The largest absolute Gasteiger partial charge is 0.357 e. The third-order valence-corrected chi connectivity index (χ3v) is 2.98. The lowest BCUT2D eigenvalue weighted by Gasteiger charge is -2.18. The number of halogens is 1. The summed E-state index contributed by atoms with van der Waals surface area (Å²) in [5.41, 5.74) is 1.43. The van der Waals surface area contributed by atoms with Crippen LogP contribution in [0.25, 0.3) is 11.3 Å². The van der Waals surface area contributed by atoms with Crippen LogP contribution in [0.5, 0.6) is 0 Å². The zero-order chi connectivity index (χ0) is 15.4. The molecule has 0 radical (unpaired) electrons. The van der Waals surface area contributed by atoms with Crippen molar-refractivity contribution in [3.8, 4) is 11.3 Å². The third kappa shape index (κ3) is 3.75. The van der Waals surface area contributed by atoms with Crippen molar-refractivity contribution in [3.05, 3.63) is 42.2 Å². The summed E-state index contributed by atoms with van der Waals surface area (Å²) in [5, 5.41) is 11.1. The topological polar surface area (TPSA) is 58.1 Å². The van der Waals surface area contributed by atoms with Gasteiger partial charge in [0.05, 0.1) is 5.69 Å². The third-order valence-electron chi connectivity index (χ3n) is 2.98. The van der Waals surface area contributed by atoms with Gasteiger partial charge in [0.2, 0.25) is 5.91 Å². The van der Waals surface area contributed by atoms with Crippen molar-refractivity contribution in [1.29, 1.82) is 0 Å². The second kappa shape index (κ2) is 6.30. The second-order valence-electron chi connectivity index (χ2n) is 4.91. The lowest BCUT2D eigenvalue weighted by molar-refractivity contribution is -0.129. The monoisotopic (exact) mass is 288 g/mol. The van der Waals surface area contributed by atoms with Gasteiger partial charge in [0.25, 0.3) is 0 Å². The van der Waals surface area contributed by atoms with Crippen molar-refractivity contribution in [2.45, 2.75) is 13.0 Å². The molecule has 0 aliphatic heterocycles. The fourth-order valence-corrected chi connectivity index (χ4v) is 1.85. The molecule has 1 aromatic carbocycles. The van der Waals surface area contributed by atoms with Crippen LogP contribution < -0.4 is 5.32 Å². The van der Waals surface area contributed by atoms with Gasteiger partial charge in [0, 0.05) is 19.7 Å². The number of hydrogen-bond donors (Lipinski definition) is 1. The molecule has 2 aromatic rings. The Kier molecular flexibility index (Phi) is 4.47. The van der Waals surface area contributed by atoms with E-state index in [9.17, 15) is 9.18 Å². The average molecular weight is 288 g/mol. The van der Waals surface area contributed by atoms with Crippen LogP contribution in [-0.4, -0.2) is 41.1 Å². The molecular formula is C15H17FN4O. The number of benzene rings is 1. The molecule has 0 saturated heterocycles. The van der Waals surface area contributed by atoms with Gasteiger partial charge in [-0.15, -0.1) is 10.2 Å². The highest BCUT2D eigenvalue weighted by molar-refractivity contribution is 5.83. The molecule has 0 saturated carbocycles. The van der Waals surface area contributed by atoms with Crippen molar-refractivity contribution >= 4 is 11.7 Å². The molecule has 0 unspecified atom stereocenters. The Hall–Kier alpha value is -2.50. The lowest BCUT2D eigenvalue weighted by Crippen LogP contribution is -2.36. The predicted molar refractivity (Wildman–Crippen MR) is 79.2 cm³/mol. The number of nitrogens with one attached hydrogen (secondary N) is 1. The highest BCUT2D eigenvalue weighted by Gasteiger charge is 2.15. The normalized spacial score (nSPS) is 11.8. The number of likely N-dealkylation sites (N-methyl/N-ethyl adjacent to an activating group) is 1. The zero-order valence-corrected chi connectivity index (χ0v) is 12.2. The first-order chi connectivity index (χ1) is 9.97. The molecule has 0 aliphatic rings. The van der Waals surface area contributed by atoms with Crippen LogP contribution in [0.1, 0.15) is 6.92 Å². The summed E-state index contributed by atoms with van der Waals surface area (Å²) in [4.78, 5) is 13.3. The fourth-order valence-electron chi connectivity index (χ4n) is 1.85. The number of carbonyl (C=O) groups excluding carboxylic acids is 1. The van der Waals surface area contributed by atoms with Gasteiger partial charge in [-0.05, 0) is 43.3 Å². The van der Waals surface area contributed by atoms with Crippen molar-refractivity contribution < 1.29 is 9.18 Å². The molecule has 0 spiro atoms. The maximum Gasteiger partial charge on any atom is 0.244 e. The van der Waals surface area contributed by atoms with Crippen molar-refractivity contribution in [1.82, 2.24) is 15.1 Å². The van der Waals surface area contributed by atoms with Crippen LogP contribution in [0.4, 0.5) is 10.2 Å². The van der Waals surface area contributed by atoms with Gasteiger partial charge in [-0.1, -0.05) is 0 Å². The van der Waals surface area contributed by atoms with Gasteiger partial charge < -0.3 is 10.2 Å². The van der Waals surface area contributed by atoms with E-state index in [4.69, 9.17) is 0 Å². The van der Waals surface area contributed by atoms with Crippen molar-refractivity contribution in [3.63, 3.8) is 0 Å². The van der Waals surface area contributed by atoms with Crippen LogP contribution in [0.15, 0.2) is 36.4 Å². The SMILES string of the molecule is C[C@H](Nc1ccc(-c2ccc(F)cc2)nn1)C(=O)N(C)C. The van der Waals surface area contributed by atoms with Crippen molar-refractivity contribution in [2.75, 3.05) is 19.4 Å². The Morgan fingerprint density at radius 1 is 1.14 bits per heavy atom. The summed E-state index contributed by atoms with van der Waals surface area (Å²) in [6.07, 6.45) is 0. The van der Waals surface area contributed by atoms with E-state index >= 15 is 0 Å². The first kappa shape index (κ1) is 14.9.